The molecule has 0 fully saturated rings. The normalized spacial score (nSPS) is 14.1. The first-order valence-electron chi connectivity index (χ1n) is 20.9. The van der Waals surface area contributed by atoms with Gasteiger partial charge in [-0.15, -0.1) is 0 Å². The number of furan rings is 1. The van der Waals surface area contributed by atoms with Crippen molar-refractivity contribution in [3.05, 3.63) is 182 Å². The summed E-state index contributed by atoms with van der Waals surface area (Å²) in [6, 6.07) is 40.6. The van der Waals surface area contributed by atoms with Gasteiger partial charge >= 0.3 is 0 Å². The minimum Gasteiger partial charge on any atom is -0.456 e. The van der Waals surface area contributed by atoms with Crippen molar-refractivity contribution in [2.45, 2.75) is 0 Å². The topological polar surface area (TPSA) is 13.1 Å². The molecule has 0 radical (unpaired) electrons. The average Bonchev–Trinajstić information content (AvgIpc) is 3.67. The van der Waals surface area contributed by atoms with Crippen molar-refractivity contribution in [1.29, 1.82) is 0 Å². The second kappa shape index (κ2) is 10.9. The van der Waals surface area contributed by atoms with E-state index in [1.165, 1.54) is 0 Å². The molecule has 0 aliphatic heterocycles. The van der Waals surface area contributed by atoms with Gasteiger partial charge in [-0.3, -0.25) is 0 Å². The van der Waals surface area contributed by atoms with Gasteiger partial charge in [0.15, 0.2) is 0 Å². The monoisotopic (exact) mass is 654 g/mol. The summed E-state index contributed by atoms with van der Waals surface area (Å²) < 4.78 is 80.5. The Hall–Kier alpha value is -6.70. The van der Waals surface area contributed by atoms with E-state index in [-0.39, 0.29) is 45.7 Å². The quantitative estimate of drug-likeness (QED) is 0.173. The molecule has 11 aromatic rings. The van der Waals surface area contributed by atoms with Crippen LogP contribution in [0.4, 0.5) is 0 Å². The Morgan fingerprint density at radius 3 is 1.65 bits per heavy atom. The molecule has 1 heteroatoms. The molecule has 1 nitrogen and oxygen atoms in total. The first-order valence-corrected chi connectivity index (χ1v) is 16.9. The molecular formula is C50H30O. The van der Waals surface area contributed by atoms with Gasteiger partial charge in [-0.25, -0.2) is 0 Å². The van der Waals surface area contributed by atoms with Gasteiger partial charge in [0, 0.05) is 10.8 Å². The van der Waals surface area contributed by atoms with Crippen molar-refractivity contribution in [3.8, 4) is 33.4 Å². The minimum absolute atomic E-state index is 0.178. The summed E-state index contributed by atoms with van der Waals surface area (Å²) in [4.78, 5) is 0. The van der Waals surface area contributed by atoms with Crippen molar-refractivity contribution in [2.24, 2.45) is 0 Å². The van der Waals surface area contributed by atoms with Crippen LogP contribution in [0.15, 0.2) is 186 Å². The molecule has 0 amide bonds. The minimum atomic E-state index is -0.435. The molecule has 0 aliphatic rings. The molecule has 11 rings (SSSR count). The Kier molecular flexibility index (Phi) is 4.57. The fourth-order valence-corrected chi connectivity index (χ4v) is 8.11. The number of benzene rings is 10. The largest absolute Gasteiger partial charge is 0.456 e. The van der Waals surface area contributed by atoms with Gasteiger partial charge in [0.05, 0.1) is 11.0 Å². The van der Waals surface area contributed by atoms with Crippen LogP contribution in [-0.4, -0.2) is 0 Å². The van der Waals surface area contributed by atoms with Crippen LogP contribution >= 0.6 is 0 Å². The zero-order valence-electron chi connectivity index (χ0n) is 35.1. The van der Waals surface area contributed by atoms with Gasteiger partial charge in [-0.2, -0.15) is 0 Å². The lowest BCUT2D eigenvalue weighted by Crippen LogP contribution is -1.93. The lowest BCUT2D eigenvalue weighted by atomic mass is 9.83. The van der Waals surface area contributed by atoms with E-state index in [2.05, 4.69) is 24.3 Å². The van der Waals surface area contributed by atoms with Gasteiger partial charge in [-0.05, 0) is 105 Å². The second-order valence-corrected chi connectivity index (χ2v) is 13.0. The first kappa shape index (κ1) is 21.4. The molecule has 236 valence electrons. The van der Waals surface area contributed by atoms with E-state index in [0.717, 1.165) is 59.8 Å². The SMILES string of the molecule is [2H]c1c([2H])c([2H])c2c(-c3cccc4cccc(-c5cccc6oc7ccc8ccccc8c7c56)c34)c3c([2H])c([2H])c([2H])c([2H])c3c(-c3ccc4ccccc4c3)c2c1[2H]. The molecule has 10 aromatic carbocycles. The molecular weight excluding hydrogens is 617 g/mol. The molecule has 1 heterocycles. The van der Waals surface area contributed by atoms with Crippen LogP contribution in [0, 0.1) is 0 Å². The Labute approximate surface area is 305 Å². The molecule has 0 aliphatic carbocycles. The predicted octanol–water partition coefficient (Wildman–Crippen LogP) is 14.4. The Morgan fingerprint density at radius 1 is 0.353 bits per heavy atom. The number of hydrogen-bond acceptors (Lipinski definition) is 1. The van der Waals surface area contributed by atoms with Crippen LogP contribution in [0.1, 0.15) is 11.0 Å². The number of fused-ring (bicyclic) bond motifs is 9. The molecule has 0 unspecified atom stereocenters. The Balaban J connectivity index is 1.37. The third-order valence-corrected chi connectivity index (χ3v) is 10.3. The van der Waals surface area contributed by atoms with E-state index in [4.69, 9.17) is 9.90 Å². The first-order chi connectivity index (χ1) is 28.6. The van der Waals surface area contributed by atoms with Gasteiger partial charge < -0.3 is 4.42 Å². The zero-order valence-corrected chi connectivity index (χ0v) is 27.1. The van der Waals surface area contributed by atoms with E-state index in [9.17, 15) is 5.48 Å². The maximum atomic E-state index is 9.59. The molecule has 0 spiro atoms. The Bertz CT molecular complexity index is 3580. The van der Waals surface area contributed by atoms with Crippen molar-refractivity contribution in [3.63, 3.8) is 0 Å². The maximum absolute atomic E-state index is 9.59. The number of hydrogen-bond donors (Lipinski definition) is 0. The summed E-state index contributed by atoms with van der Waals surface area (Å²) in [5, 5.41) is 8.18. The highest BCUT2D eigenvalue weighted by Crippen LogP contribution is 2.48. The molecule has 0 N–H and O–H groups in total. The van der Waals surface area contributed by atoms with E-state index >= 15 is 0 Å². The Morgan fingerprint density at radius 2 is 0.902 bits per heavy atom. The van der Waals surface area contributed by atoms with Crippen LogP contribution in [0.2, 0.25) is 0 Å². The van der Waals surface area contributed by atoms with E-state index in [0.29, 0.717) is 27.8 Å². The van der Waals surface area contributed by atoms with Crippen molar-refractivity contribution in [1.82, 2.24) is 0 Å². The van der Waals surface area contributed by atoms with Gasteiger partial charge in [0.25, 0.3) is 0 Å². The van der Waals surface area contributed by atoms with E-state index in [1.54, 1.807) is 0 Å². The fraction of sp³-hybridized carbons (Fsp3) is 0. The van der Waals surface area contributed by atoms with E-state index in [1.807, 2.05) is 109 Å². The highest BCUT2D eigenvalue weighted by Gasteiger charge is 2.21. The fourth-order valence-electron chi connectivity index (χ4n) is 8.11. The third kappa shape index (κ3) is 4.16. The molecule has 0 saturated carbocycles. The van der Waals surface area contributed by atoms with Gasteiger partial charge in [-0.1, -0.05) is 164 Å². The highest BCUT2D eigenvalue weighted by molar-refractivity contribution is 6.27. The average molecular weight is 655 g/mol. The van der Waals surface area contributed by atoms with Crippen LogP contribution in [0.25, 0.3) is 109 Å². The van der Waals surface area contributed by atoms with Crippen LogP contribution in [0.3, 0.4) is 0 Å². The van der Waals surface area contributed by atoms with Gasteiger partial charge in [0.1, 0.15) is 11.2 Å². The predicted molar refractivity (Wildman–Crippen MR) is 218 cm³/mol. The lowest BCUT2D eigenvalue weighted by Gasteiger charge is -2.20. The van der Waals surface area contributed by atoms with Crippen molar-refractivity contribution < 1.29 is 15.4 Å². The summed E-state index contributed by atoms with van der Waals surface area (Å²) >= 11 is 0. The molecule has 0 atom stereocenters. The summed E-state index contributed by atoms with van der Waals surface area (Å²) in [5.74, 6) is 0. The second-order valence-electron chi connectivity index (χ2n) is 13.0. The van der Waals surface area contributed by atoms with Crippen LogP contribution in [0.5, 0.6) is 0 Å². The van der Waals surface area contributed by atoms with Crippen molar-refractivity contribution >= 4 is 75.8 Å². The summed E-state index contributed by atoms with van der Waals surface area (Å²) in [7, 11) is 0. The van der Waals surface area contributed by atoms with Crippen LogP contribution < -0.4 is 0 Å². The van der Waals surface area contributed by atoms with E-state index < -0.39 is 24.2 Å². The summed E-state index contributed by atoms with van der Waals surface area (Å²) in [6.07, 6.45) is 0. The molecule has 51 heavy (non-hydrogen) atoms. The smallest absolute Gasteiger partial charge is 0.136 e. The van der Waals surface area contributed by atoms with Gasteiger partial charge in [0.2, 0.25) is 0 Å². The maximum Gasteiger partial charge on any atom is 0.136 e. The highest BCUT2D eigenvalue weighted by atomic mass is 16.3. The number of rotatable bonds is 3. The van der Waals surface area contributed by atoms with Crippen LogP contribution in [-0.2, 0) is 0 Å². The third-order valence-electron chi connectivity index (χ3n) is 10.3. The molecule has 0 bridgehead atoms. The summed E-state index contributed by atoms with van der Waals surface area (Å²) in [5.41, 5.74) is 4.97. The van der Waals surface area contributed by atoms with Crippen molar-refractivity contribution in [2.75, 3.05) is 0 Å². The molecule has 1 aromatic heterocycles. The lowest BCUT2D eigenvalue weighted by molar-refractivity contribution is 0.669. The summed E-state index contributed by atoms with van der Waals surface area (Å²) in [6.45, 7) is 0. The molecule has 0 saturated heterocycles. The zero-order chi connectivity index (χ0) is 40.4. The standard InChI is InChI=1S/C50H30O/c1-2-14-34-30-35(27-26-31(34)12-1)47-37-18-5-7-20-40(37)48(41-21-8-6-19-38(41)47)43-24-10-16-33-15-9-22-39(46(33)43)42-23-11-25-44-50(42)49-36-17-4-3-13-32(36)28-29-45(49)51-44/h1-30H/i5D,6D,7D,8D,18D,19D,20D,21D.